The number of hydrogen-bond acceptors (Lipinski definition) is 5. The molecular weight excluding hydrogens is 350 g/mol. The molecule has 1 aliphatic heterocycles. The van der Waals surface area contributed by atoms with E-state index < -0.39 is 17.7 Å². The van der Waals surface area contributed by atoms with Crippen molar-refractivity contribution in [2.75, 3.05) is 6.54 Å². The smallest absolute Gasteiger partial charge is 0.289 e. The fourth-order valence-corrected chi connectivity index (χ4v) is 3.70. The van der Waals surface area contributed by atoms with Crippen molar-refractivity contribution in [1.29, 1.82) is 0 Å². The fraction of sp³-hybridized carbons (Fsp3) is 0.368. The number of carbonyl (C=O) groups is 3. The van der Waals surface area contributed by atoms with Crippen LogP contribution in [0.5, 0.6) is 0 Å². The van der Waals surface area contributed by atoms with E-state index in [4.69, 9.17) is 0 Å². The van der Waals surface area contributed by atoms with E-state index in [1.807, 2.05) is 35.7 Å². The predicted octanol–water partition coefficient (Wildman–Crippen LogP) is 1.95. The molecule has 0 saturated carbocycles. The third-order valence-corrected chi connectivity index (χ3v) is 5.23. The number of ketones is 1. The molecule has 0 radical (unpaired) electrons. The molecule has 2 aromatic rings. The molecule has 1 aliphatic rings. The van der Waals surface area contributed by atoms with E-state index in [1.54, 1.807) is 17.5 Å². The number of likely N-dealkylation sites (tertiary alicyclic amines) is 1. The molecule has 1 fully saturated rings. The number of hydrogen-bond donors (Lipinski definition) is 1. The maximum Gasteiger partial charge on any atom is 0.289 e. The minimum Gasteiger partial charge on any atom is -0.349 e. The van der Waals surface area contributed by atoms with Gasteiger partial charge in [0.25, 0.3) is 5.91 Å². The molecule has 2 heterocycles. The fourth-order valence-electron chi connectivity index (χ4n) is 3.04. The molecule has 1 N–H and O–H groups in total. The standard InChI is InChI=1S/C19H21N3O3S/c23-17-9-8-15(22(17)13-14-5-2-1-3-6-14)18(24)19(25)21-10-4-7-16-20-11-12-26-16/h1-3,5-6,11-12,15H,4,7-10,13H2,(H,21,25). The molecule has 1 aromatic carbocycles. The number of carbonyl (C=O) groups excluding carboxylic acids is 3. The Morgan fingerprint density at radius 2 is 2.08 bits per heavy atom. The lowest BCUT2D eigenvalue weighted by atomic mass is 10.1. The third-order valence-electron chi connectivity index (χ3n) is 4.39. The van der Waals surface area contributed by atoms with Gasteiger partial charge in [0.15, 0.2) is 0 Å². The van der Waals surface area contributed by atoms with Crippen molar-refractivity contribution in [2.24, 2.45) is 0 Å². The molecule has 1 saturated heterocycles. The average molecular weight is 371 g/mol. The van der Waals surface area contributed by atoms with Gasteiger partial charge in [-0.3, -0.25) is 14.4 Å². The van der Waals surface area contributed by atoms with Crippen molar-refractivity contribution in [3.05, 3.63) is 52.5 Å². The van der Waals surface area contributed by atoms with Crippen LogP contribution in [0, 0.1) is 0 Å². The lowest BCUT2D eigenvalue weighted by molar-refractivity contribution is -0.143. The van der Waals surface area contributed by atoms with Gasteiger partial charge in [0.2, 0.25) is 11.7 Å². The van der Waals surface area contributed by atoms with Crippen LogP contribution in [0.4, 0.5) is 0 Å². The molecule has 1 unspecified atom stereocenters. The largest absolute Gasteiger partial charge is 0.349 e. The van der Waals surface area contributed by atoms with Gasteiger partial charge >= 0.3 is 0 Å². The Kier molecular flexibility index (Phi) is 6.12. The highest BCUT2D eigenvalue weighted by atomic mass is 32.1. The van der Waals surface area contributed by atoms with Crippen molar-refractivity contribution >= 4 is 28.9 Å². The lowest BCUT2D eigenvalue weighted by Gasteiger charge is -2.23. The van der Waals surface area contributed by atoms with Crippen LogP contribution in [0.1, 0.15) is 29.8 Å². The molecule has 7 heteroatoms. The van der Waals surface area contributed by atoms with E-state index in [2.05, 4.69) is 10.3 Å². The lowest BCUT2D eigenvalue weighted by Crippen LogP contribution is -2.45. The number of amides is 2. The molecule has 0 spiro atoms. The van der Waals surface area contributed by atoms with Gasteiger partial charge in [-0.2, -0.15) is 0 Å². The first kappa shape index (κ1) is 18.3. The van der Waals surface area contributed by atoms with Crippen LogP contribution in [-0.2, 0) is 27.3 Å². The predicted molar refractivity (Wildman–Crippen MR) is 98.5 cm³/mol. The van der Waals surface area contributed by atoms with E-state index in [1.165, 1.54) is 4.90 Å². The molecule has 1 aromatic heterocycles. The molecule has 136 valence electrons. The maximum atomic E-state index is 12.5. The summed E-state index contributed by atoms with van der Waals surface area (Å²) in [6.45, 7) is 0.775. The molecule has 0 aliphatic carbocycles. The summed E-state index contributed by atoms with van der Waals surface area (Å²) in [5.41, 5.74) is 0.949. The average Bonchev–Trinajstić information content (AvgIpc) is 3.29. The second-order valence-corrected chi connectivity index (χ2v) is 7.19. The highest BCUT2D eigenvalue weighted by molar-refractivity contribution is 7.09. The van der Waals surface area contributed by atoms with Crippen molar-refractivity contribution in [3.63, 3.8) is 0 Å². The number of Topliss-reactive ketones (excluding diaryl/α,β-unsaturated/α-hetero) is 1. The Bertz CT molecular complexity index is 762. The van der Waals surface area contributed by atoms with Crippen molar-refractivity contribution in [2.45, 2.75) is 38.3 Å². The van der Waals surface area contributed by atoms with Gasteiger partial charge in [-0.15, -0.1) is 11.3 Å². The quantitative estimate of drug-likeness (QED) is 0.568. The maximum absolute atomic E-state index is 12.5. The summed E-state index contributed by atoms with van der Waals surface area (Å²) < 4.78 is 0. The zero-order valence-electron chi connectivity index (χ0n) is 14.4. The Hall–Kier alpha value is -2.54. The summed E-state index contributed by atoms with van der Waals surface area (Å²) in [5.74, 6) is -1.22. The summed E-state index contributed by atoms with van der Waals surface area (Å²) in [5, 5.41) is 5.60. The van der Waals surface area contributed by atoms with Gasteiger partial charge in [0, 0.05) is 37.5 Å². The Balaban J connectivity index is 1.51. The van der Waals surface area contributed by atoms with Crippen LogP contribution < -0.4 is 5.32 Å². The molecule has 2 amide bonds. The van der Waals surface area contributed by atoms with Crippen LogP contribution in [0.15, 0.2) is 41.9 Å². The molecular formula is C19H21N3O3S. The normalized spacial score (nSPS) is 16.7. The van der Waals surface area contributed by atoms with Crippen molar-refractivity contribution in [3.8, 4) is 0 Å². The first-order chi connectivity index (χ1) is 12.6. The van der Waals surface area contributed by atoms with E-state index in [9.17, 15) is 14.4 Å². The van der Waals surface area contributed by atoms with Crippen LogP contribution >= 0.6 is 11.3 Å². The number of benzene rings is 1. The summed E-state index contributed by atoms with van der Waals surface area (Å²) >= 11 is 1.57. The first-order valence-corrected chi connectivity index (χ1v) is 9.57. The number of aryl methyl sites for hydroxylation is 1. The molecule has 26 heavy (non-hydrogen) atoms. The number of nitrogens with zero attached hydrogens (tertiary/aromatic N) is 2. The Morgan fingerprint density at radius 1 is 1.27 bits per heavy atom. The third kappa shape index (κ3) is 4.54. The number of aromatic nitrogens is 1. The Morgan fingerprint density at radius 3 is 2.81 bits per heavy atom. The van der Waals surface area contributed by atoms with Gasteiger partial charge in [-0.05, 0) is 18.4 Å². The summed E-state index contributed by atoms with van der Waals surface area (Å²) in [7, 11) is 0. The summed E-state index contributed by atoms with van der Waals surface area (Å²) in [6.07, 6.45) is 3.95. The van der Waals surface area contributed by atoms with Gasteiger partial charge in [-0.25, -0.2) is 4.98 Å². The van der Waals surface area contributed by atoms with Gasteiger partial charge < -0.3 is 10.2 Å². The minimum atomic E-state index is -0.665. The molecule has 3 rings (SSSR count). The summed E-state index contributed by atoms with van der Waals surface area (Å²) in [4.78, 5) is 42.5. The van der Waals surface area contributed by atoms with Crippen LogP contribution in [0.3, 0.4) is 0 Å². The van der Waals surface area contributed by atoms with E-state index in [0.717, 1.165) is 23.4 Å². The van der Waals surface area contributed by atoms with Crippen molar-refractivity contribution < 1.29 is 14.4 Å². The second kappa shape index (κ2) is 8.71. The topological polar surface area (TPSA) is 79.4 Å². The highest BCUT2D eigenvalue weighted by Gasteiger charge is 2.38. The van der Waals surface area contributed by atoms with Crippen LogP contribution in [0.2, 0.25) is 0 Å². The zero-order chi connectivity index (χ0) is 18.4. The SMILES string of the molecule is O=C(NCCCc1nccs1)C(=O)C1CCC(=O)N1Cc1ccccc1. The van der Waals surface area contributed by atoms with E-state index in [-0.39, 0.29) is 5.91 Å². The van der Waals surface area contributed by atoms with E-state index in [0.29, 0.717) is 25.9 Å². The number of thiazole rings is 1. The van der Waals surface area contributed by atoms with Crippen LogP contribution in [0.25, 0.3) is 0 Å². The zero-order valence-corrected chi connectivity index (χ0v) is 15.2. The molecule has 0 bridgehead atoms. The second-order valence-electron chi connectivity index (χ2n) is 6.21. The van der Waals surface area contributed by atoms with Crippen LogP contribution in [-0.4, -0.2) is 40.1 Å². The molecule has 1 atom stereocenters. The number of nitrogens with one attached hydrogen (secondary N) is 1. The highest BCUT2D eigenvalue weighted by Crippen LogP contribution is 2.22. The first-order valence-electron chi connectivity index (χ1n) is 8.69. The van der Waals surface area contributed by atoms with Gasteiger partial charge in [0.1, 0.15) is 6.04 Å². The van der Waals surface area contributed by atoms with Gasteiger partial charge in [-0.1, -0.05) is 30.3 Å². The Labute approximate surface area is 156 Å². The number of rotatable bonds is 8. The monoisotopic (exact) mass is 371 g/mol. The van der Waals surface area contributed by atoms with Crippen molar-refractivity contribution in [1.82, 2.24) is 15.2 Å². The summed E-state index contributed by atoms with van der Waals surface area (Å²) in [6, 6.07) is 8.83. The van der Waals surface area contributed by atoms with Gasteiger partial charge in [0.05, 0.1) is 5.01 Å². The molecule has 6 nitrogen and oxygen atoms in total. The minimum absolute atomic E-state index is 0.0798. The van der Waals surface area contributed by atoms with E-state index >= 15 is 0 Å².